The van der Waals surface area contributed by atoms with Gasteiger partial charge in [-0.25, -0.2) is 4.98 Å². The Morgan fingerprint density at radius 3 is 1.79 bits per heavy atom. The van der Waals surface area contributed by atoms with Gasteiger partial charge in [-0.1, -0.05) is 72.8 Å². The zero-order valence-electron chi connectivity index (χ0n) is 22.3. The Bertz CT molecular complexity index is 2470. The largest absolute Gasteiger partial charge is 0.454 e. The van der Waals surface area contributed by atoms with Crippen molar-refractivity contribution in [1.29, 1.82) is 0 Å². The van der Waals surface area contributed by atoms with Crippen LogP contribution in [0.3, 0.4) is 0 Å². The highest BCUT2D eigenvalue weighted by molar-refractivity contribution is 6.15. The molecule has 9 aromatic rings. The van der Waals surface area contributed by atoms with Gasteiger partial charge in [0, 0.05) is 35.1 Å². The molecular formula is C37H21N3O2. The van der Waals surface area contributed by atoms with Crippen molar-refractivity contribution in [2.75, 3.05) is 0 Å². The number of furan rings is 2. The second-order valence-corrected chi connectivity index (χ2v) is 10.4. The highest BCUT2D eigenvalue weighted by Crippen LogP contribution is 2.42. The molecule has 0 radical (unpaired) electrons. The fourth-order valence-corrected chi connectivity index (χ4v) is 6.15. The summed E-state index contributed by atoms with van der Waals surface area (Å²) < 4.78 is 12.7. The third-order valence-electron chi connectivity index (χ3n) is 8.09. The Hall–Kier alpha value is -5.81. The maximum Gasteiger partial charge on any atom is 0.228 e. The topological polar surface area (TPSA) is 65.0 Å². The normalized spacial score (nSPS) is 11.8. The number of fused-ring (bicyclic) bond motifs is 7. The summed E-state index contributed by atoms with van der Waals surface area (Å²) in [6.45, 7) is 0. The van der Waals surface area contributed by atoms with Crippen LogP contribution in [0.15, 0.2) is 137 Å². The van der Waals surface area contributed by atoms with E-state index < -0.39 is 0 Å². The molecule has 0 N–H and O–H groups in total. The minimum atomic E-state index is 0.591. The molecule has 0 aliphatic heterocycles. The summed E-state index contributed by atoms with van der Waals surface area (Å²) in [6, 6.07) is 37.5. The predicted molar refractivity (Wildman–Crippen MR) is 168 cm³/mol. The number of aromatic nitrogens is 3. The number of pyridine rings is 3. The van der Waals surface area contributed by atoms with E-state index in [1.165, 1.54) is 0 Å². The Kier molecular flexibility index (Phi) is 4.83. The molecule has 5 heteroatoms. The molecule has 9 rings (SSSR count). The molecule has 5 aromatic heterocycles. The fourth-order valence-electron chi connectivity index (χ4n) is 6.15. The van der Waals surface area contributed by atoms with Crippen LogP contribution in [0.4, 0.5) is 0 Å². The first-order valence-electron chi connectivity index (χ1n) is 13.8. The Morgan fingerprint density at radius 1 is 0.405 bits per heavy atom. The van der Waals surface area contributed by atoms with Gasteiger partial charge in [-0.3, -0.25) is 9.97 Å². The molecule has 42 heavy (non-hydrogen) atoms. The van der Waals surface area contributed by atoms with Gasteiger partial charge in [0.1, 0.15) is 16.6 Å². The first kappa shape index (κ1) is 22.9. The van der Waals surface area contributed by atoms with E-state index in [1.54, 1.807) is 6.20 Å². The van der Waals surface area contributed by atoms with Gasteiger partial charge in [-0.05, 0) is 69.4 Å². The standard InChI is InChI=1S/C37H21N3O2/c1-2-7-22(8-3-1)23-12-15-32-31(21-23)34-35(41-32)28(16-20-39-34)26-13-14-27(25-10-5-4-9-24(25)26)29-17-19-38-33-30-11-6-18-40-37(30)42-36(29)33/h1-21H. The molecule has 0 amide bonds. The van der Waals surface area contributed by atoms with Gasteiger partial charge >= 0.3 is 0 Å². The summed E-state index contributed by atoms with van der Waals surface area (Å²) in [5, 5.41) is 4.15. The van der Waals surface area contributed by atoms with Crippen molar-refractivity contribution < 1.29 is 8.83 Å². The van der Waals surface area contributed by atoms with E-state index in [0.717, 1.165) is 82.7 Å². The molecule has 0 aliphatic carbocycles. The lowest BCUT2D eigenvalue weighted by atomic mass is 9.92. The molecule has 0 saturated carbocycles. The molecule has 0 atom stereocenters. The van der Waals surface area contributed by atoms with Crippen LogP contribution in [0, 0.1) is 0 Å². The van der Waals surface area contributed by atoms with Crippen LogP contribution in [-0.2, 0) is 0 Å². The molecule has 0 aliphatic rings. The quantitative estimate of drug-likeness (QED) is 0.224. The summed E-state index contributed by atoms with van der Waals surface area (Å²) in [6.07, 6.45) is 5.45. The Balaban J connectivity index is 1.26. The number of hydrogen-bond donors (Lipinski definition) is 0. The van der Waals surface area contributed by atoms with Gasteiger partial charge in [-0.2, -0.15) is 0 Å². The Labute approximate surface area is 239 Å². The summed E-state index contributed by atoms with van der Waals surface area (Å²) >= 11 is 0. The first-order chi connectivity index (χ1) is 20.8. The average Bonchev–Trinajstić information content (AvgIpc) is 3.63. The molecule has 0 fully saturated rings. The zero-order chi connectivity index (χ0) is 27.6. The van der Waals surface area contributed by atoms with Crippen LogP contribution in [0.25, 0.3) is 88.4 Å². The summed E-state index contributed by atoms with van der Waals surface area (Å²) in [7, 11) is 0. The van der Waals surface area contributed by atoms with Crippen LogP contribution in [0.2, 0.25) is 0 Å². The lowest BCUT2D eigenvalue weighted by molar-refractivity contribution is 0.654. The third kappa shape index (κ3) is 3.34. The predicted octanol–water partition coefficient (Wildman–Crippen LogP) is 9.82. The van der Waals surface area contributed by atoms with Crippen LogP contribution < -0.4 is 0 Å². The second-order valence-electron chi connectivity index (χ2n) is 10.4. The number of benzene rings is 4. The number of nitrogens with zero attached hydrogens (tertiary/aromatic N) is 3. The minimum absolute atomic E-state index is 0.591. The maximum atomic E-state index is 6.49. The number of hydrogen-bond acceptors (Lipinski definition) is 5. The van der Waals surface area contributed by atoms with Crippen molar-refractivity contribution in [2.24, 2.45) is 0 Å². The number of rotatable bonds is 3. The van der Waals surface area contributed by atoms with Crippen molar-refractivity contribution in [3.05, 3.63) is 128 Å². The van der Waals surface area contributed by atoms with E-state index in [4.69, 9.17) is 13.8 Å². The van der Waals surface area contributed by atoms with E-state index in [2.05, 4.69) is 82.8 Å². The molecule has 0 unspecified atom stereocenters. The molecule has 0 spiro atoms. The van der Waals surface area contributed by atoms with Crippen molar-refractivity contribution in [3.8, 4) is 33.4 Å². The van der Waals surface area contributed by atoms with Crippen molar-refractivity contribution in [2.45, 2.75) is 0 Å². The van der Waals surface area contributed by atoms with Gasteiger partial charge < -0.3 is 8.83 Å². The second kappa shape index (κ2) is 8.85. The van der Waals surface area contributed by atoms with Crippen LogP contribution in [0.5, 0.6) is 0 Å². The SMILES string of the molecule is c1ccc(-c2ccc3oc4c(-c5ccc(-c6ccnc7c6oc6ncccc67)c6ccccc56)ccnc4c3c2)cc1. The minimum Gasteiger partial charge on any atom is -0.454 e. The first-order valence-corrected chi connectivity index (χ1v) is 13.8. The van der Waals surface area contributed by atoms with Crippen LogP contribution in [0.1, 0.15) is 0 Å². The highest BCUT2D eigenvalue weighted by Gasteiger charge is 2.19. The van der Waals surface area contributed by atoms with Crippen LogP contribution in [-0.4, -0.2) is 15.0 Å². The molecular weight excluding hydrogens is 518 g/mol. The van der Waals surface area contributed by atoms with Gasteiger partial charge in [0.15, 0.2) is 11.2 Å². The maximum absolute atomic E-state index is 6.49. The van der Waals surface area contributed by atoms with Gasteiger partial charge in [0.05, 0.1) is 5.39 Å². The van der Waals surface area contributed by atoms with E-state index >= 15 is 0 Å². The molecule has 0 saturated heterocycles. The summed E-state index contributed by atoms with van der Waals surface area (Å²) in [4.78, 5) is 13.8. The van der Waals surface area contributed by atoms with E-state index in [9.17, 15) is 0 Å². The van der Waals surface area contributed by atoms with E-state index in [0.29, 0.717) is 5.71 Å². The lowest BCUT2D eigenvalue weighted by Crippen LogP contribution is -1.88. The monoisotopic (exact) mass is 539 g/mol. The molecule has 196 valence electrons. The molecule has 0 bridgehead atoms. The third-order valence-corrected chi connectivity index (χ3v) is 8.09. The summed E-state index contributed by atoms with van der Waals surface area (Å²) in [5.74, 6) is 0. The molecule has 5 heterocycles. The molecule has 5 nitrogen and oxygen atoms in total. The molecule has 4 aromatic carbocycles. The van der Waals surface area contributed by atoms with Crippen molar-refractivity contribution in [3.63, 3.8) is 0 Å². The lowest BCUT2D eigenvalue weighted by Gasteiger charge is -2.12. The van der Waals surface area contributed by atoms with Crippen molar-refractivity contribution in [1.82, 2.24) is 15.0 Å². The smallest absolute Gasteiger partial charge is 0.228 e. The Morgan fingerprint density at radius 2 is 1.05 bits per heavy atom. The van der Waals surface area contributed by atoms with Gasteiger partial charge in [0.25, 0.3) is 0 Å². The van der Waals surface area contributed by atoms with Gasteiger partial charge in [0.2, 0.25) is 5.71 Å². The fraction of sp³-hybridized carbons (Fsp3) is 0. The average molecular weight is 540 g/mol. The van der Waals surface area contributed by atoms with E-state index in [1.807, 2.05) is 48.8 Å². The summed E-state index contributed by atoms with van der Waals surface area (Å²) in [5.41, 5.74) is 11.1. The van der Waals surface area contributed by atoms with Gasteiger partial charge in [-0.15, -0.1) is 0 Å². The van der Waals surface area contributed by atoms with Crippen molar-refractivity contribution >= 4 is 55.0 Å². The highest BCUT2D eigenvalue weighted by atomic mass is 16.3. The van der Waals surface area contributed by atoms with Crippen LogP contribution >= 0.6 is 0 Å². The zero-order valence-corrected chi connectivity index (χ0v) is 22.3. The van der Waals surface area contributed by atoms with E-state index in [-0.39, 0.29) is 0 Å².